The van der Waals surface area contributed by atoms with Crippen molar-refractivity contribution in [2.24, 2.45) is 0 Å². The second-order valence-corrected chi connectivity index (χ2v) is 30.4. The second kappa shape index (κ2) is 29.8. The highest BCUT2D eigenvalue weighted by Gasteiger charge is 2.35. The molecular formula is C68H70BrClN4O6P4. The fourth-order valence-electron chi connectivity index (χ4n) is 9.10. The third kappa shape index (κ3) is 15.9. The van der Waals surface area contributed by atoms with E-state index in [-0.39, 0.29) is 1.43 Å². The zero-order valence-corrected chi connectivity index (χ0v) is 54.4. The van der Waals surface area contributed by atoms with E-state index >= 15 is 0 Å². The van der Waals surface area contributed by atoms with E-state index in [9.17, 15) is 23.5 Å². The lowest BCUT2D eigenvalue weighted by molar-refractivity contribution is -0.153. The fourth-order valence-corrected chi connectivity index (χ4v) is 18.4. The highest BCUT2D eigenvalue weighted by atomic mass is 79.9. The zero-order chi connectivity index (χ0) is 60.6. The first-order chi connectivity index (χ1) is 40.2. The molecule has 0 radical (unpaired) electrons. The van der Waals surface area contributed by atoms with Gasteiger partial charge >= 0.3 is 7.37 Å². The molecule has 16 heteroatoms. The maximum atomic E-state index is 14.2. The highest BCUT2D eigenvalue weighted by Crippen LogP contribution is 2.50. The van der Waals surface area contributed by atoms with Gasteiger partial charge in [-0.2, -0.15) is 0 Å². The van der Waals surface area contributed by atoms with Gasteiger partial charge in [0.05, 0.1) is 21.2 Å². The lowest BCUT2D eigenvalue weighted by Gasteiger charge is -2.22. The number of pyridine rings is 1. The molecule has 0 amide bonds. The molecule has 1 N–H and O–H groups in total. The molecule has 0 aliphatic heterocycles. The minimum Gasteiger partial charge on any atom is -0.673 e. The zero-order valence-electron chi connectivity index (χ0n) is 48.4. The Morgan fingerprint density at radius 3 is 1.12 bits per heavy atom. The number of benzene rings is 9. The van der Waals surface area contributed by atoms with Gasteiger partial charge < -0.3 is 14.4 Å². The normalized spacial score (nSPS) is 11.2. The Kier molecular flexibility index (Phi) is 22.9. The van der Waals surface area contributed by atoms with Gasteiger partial charge in [-0.25, -0.2) is 4.98 Å². The first-order valence-corrected chi connectivity index (χ1v) is 35.1. The molecule has 432 valence electrons. The van der Waals surface area contributed by atoms with Crippen LogP contribution in [0.3, 0.4) is 0 Å². The molecule has 0 fully saturated rings. The summed E-state index contributed by atoms with van der Waals surface area (Å²) in [6.45, 7) is 14.5. The number of rotatable bonds is 10. The molecule has 0 saturated heterocycles. The standard InChI is InChI=1S/C19H17N4O2P.C14H14ClOP.C14H15O2P.C14H15OP.C7H7Br.H2/c1-14-8-3-5-11-17(14)26(24,18-12-6-4-9-15(18)2)25-23-19-16(21-22-23)10-7-13-20-19;2*1-11-7-3-5-9-13(11)17(15,16)14-10-6-4-8-12(14)2;1-11-7-3-5-9-13(11)16(15)14-10-6-4-8-12(14)2;1-6-4-2-3-5-7(6)8;/h3-13H,1-2H3;3-10H,1-2H3;3-10H,1-2H3,(H,15,16);3-10,16H,1-2H3;2-5H,1H3;1H. The molecule has 0 aliphatic rings. The first-order valence-electron chi connectivity index (χ1n) is 27.0. The summed E-state index contributed by atoms with van der Waals surface area (Å²) in [5.41, 5.74) is 9.90. The topological polar surface area (TPSA) is 147 Å². The summed E-state index contributed by atoms with van der Waals surface area (Å²) in [6, 6.07) is 72.2. The lowest BCUT2D eigenvalue weighted by Crippen LogP contribution is -2.28. The van der Waals surface area contributed by atoms with Gasteiger partial charge in [-0.1, -0.05) is 185 Å². The van der Waals surface area contributed by atoms with Crippen LogP contribution in [-0.4, -0.2) is 25.0 Å². The van der Waals surface area contributed by atoms with E-state index in [4.69, 9.17) is 15.9 Å². The van der Waals surface area contributed by atoms with Crippen LogP contribution in [0, 0.1) is 62.3 Å². The number of aromatic nitrogens is 4. The van der Waals surface area contributed by atoms with E-state index in [1.165, 1.54) is 10.0 Å². The van der Waals surface area contributed by atoms with Crippen molar-refractivity contribution in [2.75, 3.05) is 0 Å². The molecular weight excluding hydrogens is 1210 g/mol. The van der Waals surface area contributed by atoms with Gasteiger partial charge in [0.1, 0.15) is 5.52 Å². The summed E-state index contributed by atoms with van der Waals surface area (Å²) in [4.78, 5) is 28.3. The maximum Gasteiger partial charge on any atom is 0.331 e. The van der Waals surface area contributed by atoms with E-state index in [1.807, 2.05) is 243 Å². The molecule has 0 bridgehead atoms. The Morgan fingerprint density at radius 2 is 0.774 bits per heavy atom. The predicted molar refractivity (Wildman–Crippen MR) is 359 cm³/mol. The molecule has 11 rings (SSSR count). The minimum absolute atomic E-state index is 0. The highest BCUT2D eigenvalue weighted by molar-refractivity contribution is 9.10. The Bertz CT molecular complexity index is 3860. The molecule has 0 saturated carbocycles. The summed E-state index contributed by atoms with van der Waals surface area (Å²) in [5, 5.41) is 13.8. The predicted octanol–water partition coefficient (Wildman–Crippen LogP) is 13.8. The van der Waals surface area contributed by atoms with Crippen molar-refractivity contribution in [1.29, 1.82) is 0 Å². The van der Waals surface area contributed by atoms with Gasteiger partial charge in [0.25, 0.3) is 7.37 Å². The van der Waals surface area contributed by atoms with Crippen molar-refractivity contribution >= 4 is 110 Å². The molecule has 2 aromatic heterocycles. The van der Waals surface area contributed by atoms with Gasteiger partial charge in [0.2, 0.25) is 12.1 Å². The van der Waals surface area contributed by atoms with Crippen LogP contribution < -0.4 is 52.0 Å². The molecule has 0 spiro atoms. The van der Waals surface area contributed by atoms with Crippen LogP contribution in [0.15, 0.2) is 241 Å². The van der Waals surface area contributed by atoms with Gasteiger partial charge in [0.15, 0.2) is 0 Å². The molecule has 84 heavy (non-hydrogen) atoms. The third-order valence-electron chi connectivity index (χ3n) is 13.8. The number of aryl methyl sites for hydroxylation is 9. The average molecular weight is 1280 g/mol. The summed E-state index contributed by atoms with van der Waals surface area (Å²) in [7, 11) is -8.80. The monoisotopic (exact) mass is 1280 g/mol. The van der Waals surface area contributed by atoms with Gasteiger partial charge in [-0.3, -0.25) is 13.7 Å². The van der Waals surface area contributed by atoms with Crippen LogP contribution in [0.25, 0.3) is 11.2 Å². The maximum absolute atomic E-state index is 14.2. The molecule has 2 heterocycles. The molecule has 0 unspecified atom stereocenters. The van der Waals surface area contributed by atoms with E-state index in [2.05, 4.69) is 44.2 Å². The quantitative estimate of drug-likeness (QED) is 0.132. The molecule has 11 aromatic rings. The number of nitrogens with zero attached hydrogens (tertiary/aromatic N) is 4. The Balaban J connectivity index is 0.000000176. The van der Waals surface area contributed by atoms with Crippen LogP contribution in [0.1, 0.15) is 51.5 Å². The largest absolute Gasteiger partial charge is 0.673 e. The van der Waals surface area contributed by atoms with Crippen LogP contribution in [0.2, 0.25) is 0 Å². The van der Waals surface area contributed by atoms with E-state index in [1.54, 1.807) is 42.6 Å². The van der Waals surface area contributed by atoms with Crippen molar-refractivity contribution < 1.29 is 29.5 Å². The molecule has 10 nitrogen and oxygen atoms in total. The third-order valence-corrected chi connectivity index (χ3v) is 25.1. The summed E-state index contributed by atoms with van der Waals surface area (Å²) >= 11 is 9.75. The smallest absolute Gasteiger partial charge is 0.331 e. The Hall–Kier alpha value is -6.86. The fraction of sp³-hybridized carbons (Fsp3) is 0.132. The second-order valence-electron chi connectivity index (χ2n) is 20.0. The van der Waals surface area contributed by atoms with Crippen molar-refractivity contribution in [2.45, 2.75) is 62.3 Å². The lowest BCUT2D eigenvalue weighted by atomic mass is 10.2. The molecule has 0 atom stereocenters. The minimum atomic E-state index is -3.47. The van der Waals surface area contributed by atoms with Gasteiger partial charge in [0, 0.05) is 41.5 Å². The summed E-state index contributed by atoms with van der Waals surface area (Å²) in [6.07, 6.45) is 1.62. The molecule has 9 aromatic carbocycles. The van der Waals surface area contributed by atoms with Crippen LogP contribution in [-0.2, 0) is 13.7 Å². The number of fused-ring (bicyclic) bond motifs is 1. The summed E-state index contributed by atoms with van der Waals surface area (Å²) < 4.78 is 46.9. The van der Waals surface area contributed by atoms with Gasteiger partial charge in [-0.05, 0) is 196 Å². The Labute approximate surface area is 510 Å². The Morgan fingerprint density at radius 1 is 0.452 bits per heavy atom. The van der Waals surface area contributed by atoms with E-state index < -0.39 is 29.4 Å². The van der Waals surface area contributed by atoms with Crippen molar-refractivity contribution in [3.63, 3.8) is 0 Å². The molecule has 0 aliphatic carbocycles. The number of hydrogen-bond donors (Lipinski definition) is 1. The average Bonchev–Trinajstić information content (AvgIpc) is 2.15. The van der Waals surface area contributed by atoms with Crippen molar-refractivity contribution in [3.8, 4) is 0 Å². The van der Waals surface area contributed by atoms with Crippen LogP contribution in [0.4, 0.5) is 0 Å². The van der Waals surface area contributed by atoms with Crippen molar-refractivity contribution in [3.05, 3.63) is 291 Å². The van der Waals surface area contributed by atoms with E-state index in [0.29, 0.717) is 32.4 Å². The first kappa shape index (κ1) is 64.7. The summed E-state index contributed by atoms with van der Waals surface area (Å²) in [5.74, 6) is 0. The van der Waals surface area contributed by atoms with Crippen molar-refractivity contribution in [1.82, 2.24) is 20.1 Å². The SMILES string of the molecule is Cc1ccccc1Br.Cc1ccccc1P(=O)(Cl)c1ccccc1C.Cc1ccccc1P(=O)(O)c1ccccc1C.Cc1ccccc1P(=O)(On1nnc2cccnc21)c1ccccc1C.Cc1ccccc1[PH+]([O-])c1ccccc1C.[HH]. The van der Waals surface area contributed by atoms with Crippen LogP contribution in [0.5, 0.6) is 0 Å². The number of halogens is 2. The van der Waals surface area contributed by atoms with Crippen LogP contribution >= 0.6 is 56.6 Å². The number of hydrogen-bond acceptors (Lipinski definition) is 8. The van der Waals surface area contributed by atoms with Gasteiger partial charge in [-0.15, -0.1) is 5.10 Å². The van der Waals surface area contributed by atoms with E-state index in [0.717, 1.165) is 70.6 Å².